The Bertz CT molecular complexity index is 2090. The third-order valence-electron chi connectivity index (χ3n) is 10.4. The molecule has 0 fully saturated rings. The van der Waals surface area contributed by atoms with Gasteiger partial charge in [0.25, 0.3) is 11.8 Å². The third-order valence-corrected chi connectivity index (χ3v) is 10.4. The summed E-state index contributed by atoms with van der Waals surface area (Å²) < 4.78 is 0. The number of fused-ring (bicyclic) bond motifs is 2. The first-order chi connectivity index (χ1) is 27.9. The molecule has 58 heavy (non-hydrogen) atoms. The number of aliphatic hydroxyl groups is 2. The second-order valence-electron chi connectivity index (χ2n) is 15.5. The van der Waals surface area contributed by atoms with Crippen LogP contribution in [0.15, 0.2) is 121 Å². The fourth-order valence-corrected chi connectivity index (χ4v) is 7.17. The molecule has 2 heterocycles. The molecule has 12 nitrogen and oxygen atoms in total. The van der Waals surface area contributed by atoms with Gasteiger partial charge in [0.15, 0.2) is 0 Å². The summed E-state index contributed by atoms with van der Waals surface area (Å²) in [6, 6.07) is 32.8. The molecule has 12 heteroatoms. The van der Waals surface area contributed by atoms with E-state index >= 15 is 0 Å². The molecule has 0 aliphatic rings. The van der Waals surface area contributed by atoms with E-state index in [1.165, 1.54) is 0 Å². The van der Waals surface area contributed by atoms with Crippen molar-refractivity contribution in [2.75, 3.05) is 0 Å². The van der Waals surface area contributed by atoms with Crippen molar-refractivity contribution >= 4 is 45.4 Å². The van der Waals surface area contributed by atoms with Crippen molar-refractivity contribution in [1.82, 2.24) is 31.2 Å². The molecule has 302 valence electrons. The summed E-state index contributed by atoms with van der Waals surface area (Å²) in [5.74, 6) is -2.71. The Labute approximate surface area is 337 Å². The van der Waals surface area contributed by atoms with Crippen molar-refractivity contribution < 1.29 is 29.4 Å². The van der Waals surface area contributed by atoms with Crippen LogP contribution in [0.4, 0.5) is 0 Å². The number of amides is 4. The molecular weight excluding hydrogens is 733 g/mol. The molecule has 0 spiro atoms. The van der Waals surface area contributed by atoms with Crippen LogP contribution in [-0.4, -0.2) is 80.2 Å². The number of aromatic nitrogens is 2. The maximum absolute atomic E-state index is 14.1. The van der Waals surface area contributed by atoms with Gasteiger partial charge >= 0.3 is 0 Å². The Morgan fingerprint density at radius 2 is 0.845 bits per heavy atom. The molecular formula is C46H52N6O6. The summed E-state index contributed by atoms with van der Waals surface area (Å²) >= 11 is 0. The molecule has 6 atom stereocenters. The predicted octanol–water partition coefficient (Wildman–Crippen LogP) is 5.04. The first kappa shape index (κ1) is 41.4. The number of carbonyl (C=O) groups is 4. The van der Waals surface area contributed by atoms with Crippen LogP contribution < -0.4 is 21.3 Å². The van der Waals surface area contributed by atoms with Gasteiger partial charge in [0, 0.05) is 21.8 Å². The van der Waals surface area contributed by atoms with E-state index < -0.39 is 60.0 Å². The van der Waals surface area contributed by atoms with Gasteiger partial charge in [-0.05, 0) is 60.1 Å². The average Bonchev–Trinajstić information content (AvgIpc) is 3.86. The minimum Gasteiger partial charge on any atom is -0.388 e. The van der Waals surface area contributed by atoms with Gasteiger partial charge in [-0.15, -0.1) is 0 Å². The number of rotatable bonds is 17. The minimum absolute atomic E-state index is 0.132. The lowest BCUT2D eigenvalue weighted by Crippen LogP contribution is -2.61. The molecule has 4 aromatic carbocycles. The first-order valence-electron chi connectivity index (χ1n) is 19.7. The minimum atomic E-state index is -1.59. The van der Waals surface area contributed by atoms with Crippen LogP contribution in [0.25, 0.3) is 21.8 Å². The largest absolute Gasteiger partial charge is 0.388 e. The van der Waals surface area contributed by atoms with Crippen molar-refractivity contribution in [3.63, 3.8) is 0 Å². The van der Waals surface area contributed by atoms with Gasteiger partial charge in [-0.25, -0.2) is 0 Å². The quantitative estimate of drug-likeness (QED) is 0.0640. The zero-order valence-corrected chi connectivity index (χ0v) is 33.1. The highest BCUT2D eigenvalue weighted by atomic mass is 16.3. The Hall–Kier alpha value is -6.24. The first-order valence-corrected chi connectivity index (χ1v) is 19.7. The predicted molar refractivity (Wildman–Crippen MR) is 225 cm³/mol. The molecule has 8 N–H and O–H groups in total. The summed E-state index contributed by atoms with van der Waals surface area (Å²) in [6.45, 7) is 7.23. The van der Waals surface area contributed by atoms with Gasteiger partial charge in [0.1, 0.15) is 35.7 Å². The lowest BCUT2D eigenvalue weighted by atomic mass is 9.90. The molecule has 6 rings (SSSR count). The van der Waals surface area contributed by atoms with E-state index in [0.717, 1.165) is 32.9 Å². The van der Waals surface area contributed by atoms with Crippen molar-refractivity contribution in [2.24, 2.45) is 11.8 Å². The Morgan fingerprint density at radius 1 is 0.500 bits per heavy atom. The number of nitrogens with one attached hydrogen (secondary N) is 6. The van der Waals surface area contributed by atoms with Crippen LogP contribution in [0, 0.1) is 11.8 Å². The molecule has 0 bridgehead atoms. The summed E-state index contributed by atoms with van der Waals surface area (Å²) in [6.07, 6.45) is -2.91. The molecule has 4 amide bonds. The van der Waals surface area contributed by atoms with Crippen LogP contribution in [0.1, 0.15) is 59.8 Å². The van der Waals surface area contributed by atoms with Crippen molar-refractivity contribution in [2.45, 2.75) is 76.9 Å². The van der Waals surface area contributed by atoms with Crippen molar-refractivity contribution in [1.29, 1.82) is 0 Å². The van der Waals surface area contributed by atoms with E-state index in [9.17, 15) is 29.4 Å². The smallest absolute Gasteiger partial charge is 0.268 e. The number of carbonyl (C=O) groups excluding carboxylic acids is 4. The molecule has 0 radical (unpaired) electrons. The second-order valence-corrected chi connectivity index (χ2v) is 15.5. The van der Waals surface area contributed by atoms with E-state index in [0.29, 0.717) is 11.4 Å². The Balaban J connectivity index is 1.23. The fourth-order valence-electron chi connectivity index (χ4n) is 7.17. The van der Waals surface area contributed by atoms with Crippen LogP contribution in [0.5, 0.6) is 0 Å². The number of benzene rings is 4. The van der Waals surface area contributed by atoms with Gasteiger partial charge in [-0.3, -0.25) is 19.2 Å². The van der Waals surface area contributed by atoms with Gasteiger partial charge < -0.3 is 41.4 Å². The second kappa shape index (κ2) is 18.8. The number of hydrogen-bond acceptors (Lipinski definition) is 6. The monoisotopic (exact) mass is 784 g/mol. The topological polar surface area (TPSA) is 188 Å². The number of para-hydroxylation sites is 2. The molecule has 2 aromatic heterocycles. The number of H-pyrrole nitrogens is 2. The van der Waals surface area contributed by atoms with E-state index in [1.807, 2.05) is 109 Å². The average molecular weight is 785 g/mol. The van der Waals surface area contributed by atoms with Crippen LogP contribution in [0.3, 0.4) is 0 Å². The zero-order valence-electron chi connectivity index (χ0n) is 33.1. The SMILES string of the molecule is CC(C)[C@H](NC(=O)c1cc2ccccc2[nH]1)C(=O)N[C@@H](Cc1ccccc1)[C@@H](O)[C@@H](O)[C@H](Cc1ccccc1)NC(=O)[C@H](NC(=O)c1cc2ccccc2[nH]1)C(C)C. The van der Waals surface area contributed by atoms with Gasteiger partial charge in [0.2, 0.25) is 11.8 Å². The highest BCUT2D eigenvalue weighted by molar-refractivity contribution is 6.01. The molecule has 0 aliphatic heterocycles. The maximum atomic E-state index is 14.1. The van der Waals surface area contributed by atoms with Crippen LogP contribution in [-0.2, 0) is 22.4 Å². The Morgan fingerprint density at radius 3 is 1.19 bits per heavy atom. The molecule has 6 aromatic rings. The number of aliphatic hydroxyl groups excluding tert-OH is 2. The van der Waals surface area contributed by atoms with Gasteiger partial charge in [-0.2, -0.15) is 0 Å². The van der Waals surface area contributed by atoms with Crippen LogP contribution >= 0.6 is 0 Å². The van der Waals surface area contributed by atoms with E-state index in [-0.39, 0.29) is 24.7 Å². The number of hydrogen-bond donors (Lipinski definition) is 8. The highest BCUT2D eigenvalue weighted by Gasteiger charge is 2.38. The summed E-state index contributed by atoms with van der Waals surface area (Å²) in [4.78, 5) is 61.2. The third kappa shape index (κ3) is 10.2. The summed E-state index contributed by atoms with van der Waals surface area (Å²) in [5.41, 5.74) is 3.73. The van der Waals surface area contributed by atoms with Gasteiger partial charge in [-0.1, -0.05) is 125 Å². The molecule has 0 saturated carbocycles. The van der Waals surface area contributed by atoms with Crippen molar-refractivity contribution in [3.05, 3.63) is 144 Å². The van der Waals surface area contributed by atoms with Crippen LogP contribution in [0.2, 0.25) is 0 Å². The Kier molecular flexibility index (Phi) is 13.4. The van der Waals surface area contributed by atoms with E-state index in [2.05, 4.69) is 31.2 Å². The van der Waals surface area contributed by atoms with E-state index in [4.69, 9.17) is 0 Å². The number of aromatic amines is 2. The maximum Gasteiger partial charge on any atom is 0.268 e. The lowest BCUT2D eigenvalue weighted by molar-refractivity contribution is -0.129. The fraction of sp³-hybridized carbons (Fsp3) is 0.304. The molecule has 0 aliphatic carbocycles. The summed E-state index contributed by atoms with van der Waals surface area (Å²) in [7, 11) is 0. The summed E-state index contributed by atoms with van der Waals surface area (Å²) in [5, 5.41) is 37.3. The highest BCUT2D eigenvalue weighted by Crippen LogP contribution is 2.19. The molecule has 0 unspecified atom stereocenters. The zero-order chi connectivity index (χ0) is 41.3. The van der Waals surface area contributed by atoms with Crippen molar-refractivity contribution in [3.8, 4) is 0 Å². The standard InChI is InChI=1S/C46H52N6O6/c1-27(2)39(51-43(55)37-25-31-19-11-13-21-33(31)47-37)45(57)49-35(23-29-15-7-5-8-16-29)41(53)42(54)36(24-30-17-9-6-10-18-30)50-46(58)40(28(3)4)52-44(56)38-26-32-20-12-14-22-34(32)48-38/h5-22,25-28,35-36,39-42,47-48,53-54H,23-24H2,1-4H3,(H,49,57)(H,50,58)(H,51,55)(H,52,56)/t35-,36-,39-,40+,41+,42-/m0/s1. The van der Waals surface area contributed by atoms with E-state index in [1.54, 1.807) is 39.8 Å². The molecule has 0 saturated heterocycles. The normalized spacial score (nSPS) is 14.7. The van der Waals surface area contributed by atoms with Gasteiger partial charge in [0.05, 0.1) is 12.1 Å². The lowest BCUT2D eigenvalue weighted by Gasteiger charge is -2.35.